The van der Waals surface area contributed by atoms with E-state index >= 15 is 0 Å². The first-order valence-corrected chi connectivity index (χ1v) is 10.8. The lowest BCUT2D eigenvalue weighted by atomic mass is 10.2. The normalized spacial score (nSPS) is 15.0. The van der Waals surface area contributed by atoms with Crippen LogP contribution in [0, 0.1) is 0 Å². The Balaban J connectivity index is 1.63. The number of nitrogens with one attached hydrogen (secondary N) is 1. The molecule has 1 aliphatic rings. The summed E-state index contributed by atoms with van der Waals surface area (Å²) >= 11 is 0. The van der Waals surface area contributed by atoms with E-state index in [2.05, 4.69) is 5.32 Å². The van der Waals surface area contributed by atoms with Crippen molar-refractivity contribution < 1.29 is 27.5 Å². The van der Waals surface area contributed by atoms with Gasteiger partial charge in [0.05, 0.1) is 18.0 Å². The molecule has 1 saturated heterocycles. The van der Waals surface area contributed by atoms with Crippen LogP contribution < -0.4 is 14.4 Å². The molecule has 0 atom stereocenters. The van der Waals surface area contributed by atoms with Gasteiger partial charge in [-0.3, -0.25) is 9.10 Å². The van der Waals surface area contributed by atoms with Crippen molar-refractivity contribution in [3.63, 3.8) is 0 Å². The highest BCUT2D eigenvalue weighted by molar-refractivity contribution is 7.93. The molecule has 1 fully saturated rings. The van der Waals surface area contributed by atoms with Crippen LogP contribution in [0.4, 0.5) is 11.4 Å². The average molecular weight is 418 g/mol. The number of carbonyl (C=O) groups excluding carboxylic acids is 2. The number of sulfonamides is 1. The van der Waals surface area contributed by atoms with Gasteiger partial charge in [0.15, 0.2) is 6.61 Å². The number of benzene rings is 2. The molecule has 1 aliphatic heterocycles. The molecule has 1 N–H and O–H groups in total. The molecule has 1 amide bonds. The molecule has 0 saturated carbocycles. The number of carbonyl (C=O) groups is 2. The highest BCUT2D eigenvalue weighted by Gasteiger charge is 2.28. The van der Waals surface area contributed by atoms with Crippen LogP contribution in [0.5, 0.6) is 5.75 Å². The van der Waals surface area contributed by atoms with Crippen molar-refractivity contribution in [1.82, 2.24) is 0 Å². The lowest BCUT2D eigenvalue weighted by molar-refractivity contribution is -0.145. The zero-order valence-electron chi connectivity index (χ0n) is 16.0. The van der Waals surface area contributed by atoms with Crippen molar-refractivity contribution in [2.75, 3.05) is 35.1 Å². The molecular weight excluding hydrogens is 396 g/mol. The van der Waals surface area contributed by atoms with Crippen LogP contribution >= 0.6 is 0 Å². The Labute approximate surface area is 169 Å². The second kappa shape index (κ2) is 8.95. The van der Waals surface area contributed by atoms with Gasteiger partial charge >= 0.3 is 5.97 Å². The second-order valence-corrected chi connectivity index (χ2v) is 8.38. The maximum atomic E-state index is 12.5. The fourth-order valence-electron chi connectivity index (χ4n) is 2.92. The average Bonchev–Trinajstić information content (AvgIpc) is 3.06. The molecule has 2 aromatic carbocycles. The first-order chi connectivity index (χ1) is 13.9. The molecule has 0 aliphatic carbocycles. The van der Waals surface area contributed by atoms with E-state index in [-0.39, 0.29) is 24.9 Å². The lowest BCUT2D eigenvalue weighted by Crippen LogP contribution is -2.25. The van der Waals surface area contributed by atoms with E-state index in [9.17, 15) is 18.0 Å². The minimum absolute atomic E-state index is 0.143. The van der Waals surface area contributed by atoms with Crippen LogP contribution in [-0.4, -0.2) is 45.8 Å². The van der Waals surface area contributed by atoms with Gasteiger partial charge in [0.25, 0.3) is 5.91 Å². The topological polar surface area (TPSA) is 102 Å². The van der Waals surface area contributed by atoms with E-state index < -0.39 is 16.0 Å². The smallest absolute Gasteiger partial charge is 0.344 e. The summed E-state index contributed by atoms with van der Waals surface area (Å²) in [5, 5.41) is 2.75. The van der Waals surface area contributed by atoms with Crippen molar-refractivity contribution in [2.24, 2.45) is 0 Å². The minimum atomic E-state index is -3.26. The zero-order chi connectivity index (χ0) is 20.9. The quantitative estimate of drug-likeness (QED) is 0.693. The summed E-state index contributed by atoms with van der Waals surface area (Å²) < 4.78 is 35.5. The van der Waals surface area contributed by atoms with Gasteiger partial charge in [0, 0.05) is 23.9 Å². The molecule has 0 spiro atoms. The molecule has 8 nitrogen and oxygen atoms in total. The monoisotopic (exact) mass is 418 g/mol. The summed E-state index contributed by atoms with van der Waals surface area (Å²) in [6.07, 6.45) is 0.596. The van der Waals surface area contributed by atoms with Gasteiger partial charge in [-0.1, -0.05) is 6.07 Å². The van der Waals surface area contributed by atoms with Gasteiger partial charge in [-0.25, -0.2) is 13.2 Å². The maximum Gasteiger partial charge on any atom is 0.344 e. The largest absolute Gasteiger partial charge is 0.482 e. The van der Waals surface area contributed by atoms with E-state index in [1.54, 1.807) is 55.5 Å². The van der Waals surface area contributed by atoms with Crippen LogP contribution in [0.2, 0.25) is 0 Å². The molecular formula is C20H22N2O6S. The van der Waals surface area contributed by atoms with Crippen molar-refractivity contribution in [3.05, 3.63) is 54.1 Å². The predicted octanol–water partition coefficient (Wildman–Crippen LogP) is 2.42. The number of nitrogens with zero attached hydrogens (tertiary/aromatic N) is 1. The highest BCUT2D eigenvalue weighted by Crippen LogP contribution is 2.24. The Morgan fingerprint density at radius 3 is 2.55 bits per heavy atom. The predicted molar refractivity (Wildman–Crippen MR) is 109 cm³/mol. The van der Waals surface area contributed by atoms with Crippen LogP contribution in [0.3, 0.4) is 0 Å². The molecule has 2 aromatic rings. The van der Waals surface area contributed by atoms with Crippen molar-refractivity contribution in [1.29, 1.82) is 0 Å². The summed E-state index contributed by atoms with van der Waals surface area (Å²) in [5.74, 6) is -0.250. The number of amides is 1. The summed E-state index contributed by atoms with van der Waals surface area (Å²) in [6.45, 7) is 2.23. The van der Waals surface area contributed by atoms with E-state index in [4.69, 9.17) is 9.47 Å². The second-order valence-electron chi connectivity index (χ2n) is 6.36. The van der Waals surface area contributed by atoms with E-state index in [1.807, 2.05) is 0 Å². The summed E-state index contributed by atoms with van der Waals surface area (Å²) in [7, 11) is -3.26. The lowest BCUT2D eigenvalue weighted by Gasteiger charge is -2.17. The van der Waals surface area contributed by atoms with E-state index in [0.29, 0.717) is 35.7 Å². The SMILES string of the molecule is CCOC(=O)COc1cccc(NC(=O)c2ccc(N3CCCS3(=O)=O)cc2)c1. The van der Waals surface area contributed by atoms with Crippen molar-refractivity contribution >= 4 is 33.3 Å². The van der Waals surface area contributed by atoms with Gasteiger partial charge in [-0.15, -0.1) is 0 Å². The van der Waals surface area contributed by atoms with Gasteiger partial charge in [0.1, 0.15) is 5.75 Å². The van der Waals surface area contributed by atoms with Crippen LogP contribution in [0.25, 0.3) is 0 Å². The molecule has 3 rings (SSSR count). The Hall–Kier alpha value is -3.07. The summed E-state index contributed by atoms with van der Waals surface area (Å²) in [4.78, 5) is 23.8. The standard InChI is InChI=1S/C20H22N2O6S/c1-2-27-19(23)14-28-18-6-3-5-16(13-18)21-20(24)15-7-9-17(10-8-15)22-11-4-12-29(22,25)26/h3,5-10,13H,2,4,11-12,14H2,1H3,(H,21,24). The number of esters is 1. The summed E-state index contributed by atoms with van der Waals surface area (Å²) in [5.41, 5.74) is 1.44. The third-order valence-corrected chi connectivity index (χ3v) is 6.14. The molecule has 0 bridgehead atoms. The Morgan fingerprint density at radius 2 is 1.90 bits per heavy atom. The molecule has 0 aromatic heterocycles. The number of hydrogen-bond donors (Lipinski definition) is 1. The van der Waals surface area contributed by atoms with Gasteiger partial charge in [-0.2, -0.15) is 0 Å². The molecule has 29 heavy (non-hydrogen) atoms. The minimum Gasteiger partial charge on any atom is -0.482 e. The molecule has 0 radical (unpaired) electrons. The molecule has 0 unspecified atom stereocenters. The fourth-order valence-corrected chi connectivity index (χ4v) is 4.48. The van der Waals surface area contributed by atoms with Crippen LogP contribution in [0.1, 0.15) is 23.7 Å². The molecule has 154 valence electrons. The first kappa shape index (κ1) is 20.7. The summed E-state index contributed by atoms with van der Waals surface area (Å²) in [6, 6.07) is 13.1. The third-order valence-electron chi connectivity index (χ3n) is 4.27. The number of ether oxygens (including phenoxy) is 2. The Morgan fingerprint density at radius 1 is 1.14 bits per heavy atom. The number of hydrogen-bond acceptors (Lipinski definition) is 6. The van der Waals surface area contributed by atoms with Crippen molar-refractivity contribution in [2.45, 2.75) is 13.3 Å². The van der Waals surface area contributed by atoms with E-state index in [0.717, 1.165) is 0 Å². The highest BCUT2D eigenvalue weighted by atomic mass is 32.2. The first-order valence-electron chi connectivity index (χ1n) is 9.19. The third kappa shape index (κ3) is 5.26. The van der Waals surface area contributed by atoms with Crippen LogP contribution in [-0.2, 0) is 19.6 Å². The fraction of sp³-hybridized carbons (Fsp3) is 0.300. The van der Waals surface area contributed by atoms with Gasteiger partial charge in [-0.05, 0) is 49.7 Å². The van der Waals surface area contributed by atoms with Gasteiger partial charge in [0.2, 0.25) is 10.0 Å². The Bertz CT molecular complexity index is 988. The van der Waals surface area contributed by atoms with Crippen molar-refractivity contribution in [3.8, 4) is 5.75 Å². The zero-order valence-corrected chi connectivity index (χ0v) is 16.8. The van der Waals surface area contributed by atoms with E-state index in [1.165, 1.54) is 4.31 Å². The molecule has 9 heteroatoms. The maximum absolute atomic E-state index is 12.5. The Kier molecular flexibility index (Phi) is 6.38. The molecule has 1 heterocycles. The van der Waals surface area contributed by atoms with Crippen LogP contribution in [0.15, 0.2) is 48.5 Å². The van der Waals surface area contributed by atoms with Gasteiger partial charge < -0.3 is 14.8 Å². The number of anilines is 2. The number of rotatable bonds is 7.